The predicted molar refractivity (Wildman–Crippen MR) is 86.6 cm³/mol. The topological polar surface area (TPSA) is 65.4 Å². The Morgan fingerprint density at radius 3 is 1.64 bits per heavy atom. The number of hydrogen-bond donors (Lipinski definition) is 2. The molecular formula is C16H28N2O4. The molecular weight excluding hydrogens is 284 g/mol. The third kappa shape index (κ3) is 8.19. The lowest BCUT2D eigenvalue weighted by atomic mass is 10.3. The number of hydrogen-bond acceptors (Lipinski definition) is 6. The fourth-order valence-corrected chi connectivity index (χ4v) is 1.99. The highest BCUT2D eigenvalue weighted by atomic mass is 16.5. The van der Waals surface area contributed by atoms with Crippen molar-refractivity contribution in [2.24, 2.45) is 0 Å². The maximum atomic E-state index is 9.77. The summed E-state index contributed by atoms with van der Waals surface area (Å²) in [7, 11) is 7.60. The minimum absolute atomic E-state index is 0.227. The summed E-state index contributed by atoms with van der Waals surface area (Å²) in [5, 5.41) is 19.5. The molecule has 2 atom stereocenters. The Bertz CT molecular complexity index is 391. The molecule has 0 aliphatic rings. The summed E-state index contributed by atoms with van der Waals surface area (Å²) in [6.07, 6.45) is -1.08. The molecule has 0 unspecified atom stereocenters. The monoisotopic (exact) mass is 312 g/mol. The van der Waals surface area contributed by atoms with Gasteiger partial charge in [-0.05, 0) is 40.3 Å². The SMILES string of the molecule is CN(C)C[C@@H](O)COc1cccc(OC[C@H](O)CN(C)C)c1. The van der Waals surface area contributed by atoms with Crippen molar-refractivity contribution in [1.29, 1.82) is 0 Å². The second-order valence-corrected chi connectivity index (χ2v) is 5.93. The summed E-state index contributed by atoms with van der Waals surface area (Å²) < 4.78 is 11.1. The molecule has 0 bridgehead atoms. The molecule has 0 radical (unpaired) electrons. The van der Waals surface area contributed by atoms with Gasteiger partial charge in [0.15, 0.2) is 0 Å². The standard InChI is InChI=1S/C16H28N2O4/c1-17(2)9-13(19)11-21-15-6-5-7-16(8-15)22-12-14(20)10-18(3)4/h5-8,13-14,19-20H,9-12H2,1-4H3/t13-,14-/m1/s1. The molecule has 0 amide bonds. The van der Waals surface area contributed by atoms with Gasteiger partial charge in [-0.25, -0.2) is 0 Å². The van der Waals surface area contributed by atoms with Crippen molar-refractivity contribution < 1.29 is 19.7 Å². The fraction of sp³-hybridized carbons (Fsp3) is 0.625. The normalized spacial score (nSPS) is 14.2. The molecule has 0 saturated carbocycles. The first kappa shape index (κ1) is 18.7. The Morgan fingerprint density at radius 2 is 1.27 bits per heavy atom. The van der Waals surface area contributed by atoms with Gasteiger partial charge in [0.1, 0.15) is 36.9 Å². The van der Waals surface area contributed by atoms with Gasteiger partial charge in [0, 0.05) is 19.2 Å². The van der Waals surface area contributed by atoms with Gasteiger partial charge in [0.05, 0.1) is 0 Å². The number of aliphatic hydroxyl groups is 2. The van der Waals surface area contributed by atoms with Gasteiger partial charge >= 0.3 is 0 Å². The quantitative estimate of drug-likeness (QED) is 0.647. The van der Waals surface area contributed by atoms with E-state index in [9.17, 15) is 10.2 Å². The maximum absolute atomic E-state index is 9.77. The second-order valence-electron chi connectivity index (χ2n) is 5.93. The molecule has 6 nitrogen and oxygen atoms in total. The van der Waals surface area contributed by atoms with Gasteiger partial charge < -0.3 is 29.5 Å². The Morgan fingerprint density at radius 1 is 0.864 bits per heavy atom. The Labute approximate surface area is 132 Å². The lowest BCUT2D eigenvalue weighted by Gasteiger charge is -2.18. The van der Waals surface area contributed by atoms with E-state index in [1.165, 1.54) is 0 Å². The first-order valence-corrected chi connectivity index (χ1v) is 7.38. The number of benzene rings is 1. The number of ether oxygens (including phenoxy) is 2. The van der Waals surface area contributed by atoms with E-state index < -0.39 is 12.2 Å². The smallest absolute Gasteiger partial charge is 0.123 e. The zero-order valence-electron chi connectivity index (χ0n) is 13.9. The Hall–Kier alpha value is -1.34. The maximum Gasteiger partial charge on any atom is 0.123 e. The van der Waals surface area contributed by atoms with E-state index in [0.29, 0.717) is 24.6 Å². The summed E-state index contributed by atoms with van der Waals surface area (Å²) in [5.41, 5.74) is 0. The van der Waals surface area contributed by atoms with Gasteiger partial charge in [-0.3, -0.25) is 0 Å². The van der Waals surface area contributed by atoms with Crippen LogP contribution in [-0.4, -0.2) is 86.7 Å². The van der Waals surface area contributed by atoms with E-state index in [4.69, 9.17) is 9.47 Å². The largest absolute Gasteiger partial charge is 0.491 e. The molecule has 1 aromatic rings. The highest BCUT2D eigenvalue weighted by molar-refractivity contribution is 5.32. The van der Waals surface area contributed by atoms with E-state index in [0.717, 1.165) is 0 Å². The van der Waals surface area contributed by atoms with Gasteiger partial charge in [0.2, 0.25) is 0 Å². The molecule has 0 spiro atoms. The van der Waals surface area contributed by atoms with E-state index in [2.05, 4.69) is 0 Å². The van der Waals surface area contributed by atoms with Gasteiger partial charge in [0.25, 0.3) is 0 Å². The van der Waals surface area contributed by atoms with Crippen LogP contribution in [0.5, 0.6) is 11.5 Å². The molecule has 0 fully saturated rings. The predicted octanol–water partition coefficient (Wildman–Crippen LogP) is 0.289. The van der Waals surface area contributed by atoms with E-state index >= 15 is 0 Å². The molecule has 1 rings (SSSR count). The van der Waals surface area contributed by atoms with Crippen LogP contribution < -0.4 is 9.47 Å². The molecule has 0 heterocycles. The zero-order valence-corrected chi connectivity index (χ0v) is 13.9. The van der Waals surface area contributed by atoms with Gasteiger partial charge in [-0.2, -0.15) is 0 Å². The molecule has 0 aliphatic heterocycles. The van der Waals surface area contributed by atoms with Crippen molar-refractivity contribution in [3.8, 4) is 11.5 Å². The molecule has 0 saturated heterocycles. The Kier molecular flexibility index (Phi) is 8.19. The second kappa shape index (κ2) is 9.63. The number of likely N-dealkylation sites (N-methyl/N-ethyl adjacent to an activating group) is 2. The van der Waals surface area contributed by atoms with Crippen LogP contribution in [0.2, 0.25) is 0 Å². The molecule has 1 aromatic carbocycles. The van der Waals surface area contributed by atoms with Crippen LogP contribution in [-0.2, 0) is 0 Å². The van der Waals surface area contributed by atoms with Crippen molar-refractivity contribution in [2.45, 2.75) is 12.2 Å². The van der Waals surface area contributed by atoms with Crippen LogP contribution in [0, 0.1) is 0 Å². The van der Waals surface area contributed by atoms with Crippen LogP contribution >= 0.6 is 0 Å². The van der Waals surface area contributed by atoms with Gasteiger partial charge in [-0.15, -0.1) is 0 Å². The molecule has 2 N–H and O–H groups in total. The van der Waals surface area contributed by atoms with E-state index in [1.807, 2.05) is 56.2 Å². The number of nitrogens with zero attached hydrogens (tertiary/aromatic N) is 2. The average molecular weight is 312 g/mol. The zero-order chi connectivity index (χ0) is 16.5. The molecule has 0 aliphatic carbocycles. The van der Waals surface area contributed by atoms with Crippen molar-refractivity contribution in [1.82, 2.24) is 9.80 Å². The highest BCUT2D eigenvalue weighted by Crippen LogP contribution is 2.19. The van der Waals surface area contributed by atoms with Crippen molar-refractivity contribution in [2.75, 3.05) is 54.5 Å². The van der Waals surface area contributed by atoms with Crippen LogP contribution in [0.25, 0.3) is 0 Å². The third-order valence-corrected chi connectivity index (χ3v) is 2.84. The van der Waals surface area contributed by atoms with Crippen LogP contribution in [0.1, 0.15) is 0 Å². The van der Waals surface area contributed by atoms with Crippen molar-refractivity contribution in [3.05, 3.63) is 24.3 Å². The first-order valence-electron chi connectivity index (χ1n) is 7.38. The molecule has 126 valence electrons. The molecule has 0 aromatic heterocycles. The number of rotatable bonds is 10. The lowest BCUT2D eigenvalue weighted by molar-refractivity contribution is 0.0801. The minimum atomic E-state index is -0.540. The van der Waals surface area contributed by atoms with Crippen LogP contribution in [0.3, 0.4) is 0 Å². The average Bonchev–Trinajstić information content (AvgIpc) is 2.42. The number of aliphatic hydroxyl groups excluding tert-OH is 2. The van der Waals surface area contributed by atoms with Gasteiger partial charge in [-0.1, -0.05) is 6.07 Å². The minimum Gasteiger partial charge on any atom is -0.491 e. The highest BCUT2D eigenvalue weighted by Gasteiger charge is 2.09. The van der Waals surface area contributed by atoms with E-state index in [-0.39, 0.29) is 13.2 Å². The Balaban J connectivity index is 2.41. The third-order valence-electron chi connectivity index (χ3n) is 2.84. The summed E-state index contributed by atoms with van der Waals surface area (Å²) in [5.74, 6) is 1.27. The fourth-order valence-electron chi connectivity index (χ4n) is 1.99. The van der Waals surface area contributed by atoms with Crippen molar-refractivity contribution in [3.63, 3.8) is 0 Å². The summed E-state index contributed by atoms with van der Waals surface area (Å²) in [6, 6.07) is 7.20. The summed E-state index contributed by atoms with van der Waals surface area (Å²) in [4.78, 5) is 3.80. The molecule has 6 heteroatoms. The summed E-state index contributed by atoms with van der Waals surface area (Å²) >= 11 is 0. The van der Waals surface area contributed by atoms with Crippen LogP contribution in [0.4, 0.5) is 0 Å². The lowest BCUT2D eigenvalue weighted by Crippen LogP contribution is -2.30. The van der Waals surface area contributed by atoms with Crippen LogP contribution in [0.15, 0.2) is 24.3 Å². The van der Waals surface area contributed by atoms with Crippen molar-refractivity contribution >= 4 is 0 Å². The summed E-state index contributed by atoms with van der Waals surface area (Å²) in [6.45, 7) is 1.55. The molecule has 22 heavy (non-hydrogen) atoms. The van der Waals surface area contributed by atoms with E-state index in [1.54, 1.807) is 6.07 Å². The first-order chi connectivity index (χ1) is 10.4.